The van der Waals surface area contributed by atoms with Gasteiger partial charge in [0.2, 0.25) is 5.91 Å². The third-order valence-electron chi connectivity index (χ3n) is 5.67. The zero-order valence-corrected chi connectivity index (χ0v) is 17.3. The molecule has 2 amide bonds. The van der Waals surface area contributed by atoms with E-state index in [0.29, 0.717) is 30.1 Å². The fraction of sp³-hybridized carbons (Fsp3) is 0.240. The largest absolute Gasteiger partial charge is 0.354 e. The van der Waals surface area contributed by atoms with Crippen molar-refractivity contribution in [3.8, 4) is 0 Å². The predicted octanol–water partition coefficient (Wildman–Crippen LogP) is 3.26. The highest BCUT2D eigenvalue weighted by atomic mass is 16.2. The molecule has 158 valence electrons. The van der Waals surface area contributed by atoms with E-state index in [0.717, 1.165) is 18.4 Å². The molecule has 0 bridgehead atoms. The lowest BCUT2D eigenvalue weighted by atomic mass is 10.0. The number of anilines is 1. The van der Waals surface area contributed by atoms with Gasteiger partial charge in [-0.1, -0.05) is 36.4 Å². The standard InChI is InChI=1S/C25H26N4O2/c26-23(16-28-24(30)15-17-13-20-3-1-2-4-21(20)14-17)18-5-7-19(8-6-18)25(31)29-22-9-11-27-12-10-22/h1-12,17,23H,13-16,26H2,(H,28,30)(H,27,29,31). The Morgan fingerprint density at radius 2 is 1.61 bits per heavy atom. The molecule has 0 radical (unpaired) electrons. The Balaban J connectivity index is 1.24. The summed E-state index contributed by atoms with van der Waals surface area (Å²) in [5, 5.41) is 5.78. The number of nitrogens with one attached hydrogen (secondary N) is 2. The molecule has 1 aliphatic carbocycles. The number of carbonyl (C=O) groups is 2. The molecule has 1 atom stereocenters. The van der Waals surface area contributed by atoms with Crippen molar-refractivity contribution in [3.63, 3.8) is 0 Å². The average molecular weight is 415 g/mol. The smallest absolute Gasteiger partial charge is 0.255 e. The number of aromatic nitrogens is 1. The van der Waals surface area contributed by atoms with Crippen LogP contribution >= 0.6 is 0 Å². The molecule has 0 aliphatic heterocycles. The molecule has 4 N–H and O–H groups in total. The van der Waals surface area contributed by atoms with Crippen LogP contribution in [0.1, 0.15) is 39.5 Å². The van der Waals surface area contributed by atoms with Gasteiger partial charge in [-0.2, -0.15) is 0 Å². The van der Waals surface area contributed by atoms with E-state index in [9.17, 15) is 9.59 Å². The van der Waals surface area contributed by atoms with Gasteiger partial charge in [0, 0.05) is 42.7 Å². The van der Waals surface area contributed by atoms with Crippen molar-refractivity contribution in [2.24, 2.45) is 11.7 Å². The summed E-state index contributed by atoms with van der Waals surface area (Å²) in [5.74, 6) is 0.186. The van der Waals surface area contributed by atoms with Crippen molar-refractivity contribution >= 4 is 17.5 Å². The summed E-state index contributed by atoms with van der Waals surface area (Å²) in [6, 6.07) is 18.6. The van der Waals surface area contributed by atoms with Gasteiger partial charge in [-0.15, -0.1) is 0 Å². The Morgan fingerprint density at radius 3 is 2.26 bits per heavy atom. The van der Waals surface area contributed by atoms with Crippen molar-refractivity contribution in [2.45, 2.75) is 25.3 Å². The molecule has 1 unspecified atom stereocenters. The molecule has 2 aromatic carbocycles. The van der Waals surface area contributed by atoms with Crippen LogP contribution in [0.3, 0.4) is 0 Å². The summed E-state index contributed by atoms with van der Waals surface area (Å²) in [6.07, 6.45) is 5.67. The van der Waals surface area contributed by atoms with Gasteiger partial charge < -0.3 is 16.4 Å². The lowest BCUT2D eigenvalue weighted by Crippen LogP contribution is -2.33. The van der Waals surface area contributed by atoms with Crippen LogP contribution in [-0.4, -0.2) is 23.3 Å². The van der Waals surface area contributed by atoms with E-state index in [4.69, 9.17) is 5.73 Å². The lowest BCUT2D eigenvalue weighted by molar-refractivity contribution is -0.122. The van der Waals surface area contributed by atoms with Crippen molar-refractivity contribution in [1.29, 1.82) is 0 Å². The number of pyridine rings is 1. The summed E-state index contributed by atoms with van der Waals surface area (Å²) in [5.41, 5.74) is 11.0. The Hall–Kier alpha value is -3.51. The van der Waals surface area contributed by atoms with Crippen molar-refractivity contribution < 1.29 is 9.59 Å². The monoisotopic (exact) mass is 414 g/mol. The second-order valence-corrected chi connectivity index (χ2v) is 7.97. The van der Waals surface area contributed by atoms with Crippen molar-refractivity contribution in [3.05, 3.63) is 95.3 Å². The molecule has 0 saturated carbocycles. The van der Waals surface area contributed by atoms with Gasteiger partial charge in [0.25, 0.3) is 5.91 Å². The highest BCUT2D eigenvalue weighted by molar-refractivity contribution is 6.04. The SMILES string of the molecule is NC(CNC(=O)CC1Cc2ccccc2C1)c1ccc(C(=O)Nc2ccncc2)cc1. The topological polar surface area (TPSA) is 97.1 Å². The zero-order valence-electron chi connectivity index (χ0n) is 17.3. The fourth-order valence-corrected chi connectivity index (χ4v) is 3.99. The Labute approximate surface area is 181 Å². The van der Waals surface area contributed by atoms with Crippen molar-refractivity contribution in [1.82, 2.24) is 10.3 Å². The first-order chi connectivity index (χ1) is 15.1. The summed E-state index contributed by atoms with van der Waals surface area (Å²) in [7, 11) is 0. The van der Waals surface area contributed by atoms with Crippen LogP contribution in [0.25, 0.3) is 0 Å². The number of nitrogens with two attached hydrogens (primary N) is 1. The molecular weight excluding hydrogens is 388 g/mol. The molecule has 0 spiro atoms. The van der Waals surface area contributed by atoms with E-state index in [1.54, 1.807) is 36.7 Å². The maximum atomic E-state index is 12.4. The number of fused-ring (bicyclic) bond motifs is 1. The zero-order chi connectivity index (χ0) is 21.6. The van der Waals surface area contributed by atoms with E-state index in [1.807, 2.05) is 24.3 Å². The minimum Gasteiger partial charge on any atom is -0.354 e. The van der Waals surface area contributed by atoms with E-state index in [1.165, 1.54) is 11.1 Å². The molecule has 6 nitrogen and oxygen atoms in total. The third-order valence-corrected chi connectivity index (χ3v) is 5.67. The Morgan fingerprint density at radius 1 is 0.968 bits per heavy atom. The quantitative estimate of drug-likeness (QED) is 0.553. The molecule has 6 heteroatoms. The second kappa shape index (κ2) is 9.53. The van der Waals surface area contributed by atoms with E-state index < -0.39 is 0 Å². The van der Waals surface area contributed by atoms with Crippen LogP contribution in [0.15, 0.2) is 73.1 Å². The Kier molecular flexibility index (Phi) is 6.38. The van der Waals surface area contributed by atoms with Gasteiger partial charge in [-0.3, -0.25) is 14.6 Å². The summed E-state index contributed by atoms with van der Waals surface area (Å²) in [6.45, 7) is 0.362. The Bertz CT molecular complexity index is 1030. The first-order valence-corrected chi connectivity index (χ1v) is 10.5. The van der Waals surface area contributed by atoms with Crippen LogP contribution < -0.4 is 16.4 Å². The average Bonchev–Trinajstić information content (AvgIpc) is 3.20. The van der Waals surface area contributed by atoms with Gasteiger partial charge in [0.15, 0.2) is 0 Å². The molecule has 1 heterocycles. The maximum Gasteiger partial charge on any atom is 0.255 e. The fourth-order valence-electron chi connectivity index (χ4n) is 3.99. The minimum atomic E-state index is -0.331. The number of benzene rings is 2. The summed E-state index contributed by atoms with van der Waals surface area (Å²) >= 11 is 0. The molecule has 1 aromatic heterocycles. The van der Waals surface area contributed by atoms with E-state index in [2.05, 4.69) is 27.8 Å². The second-order valence-electron chi connectivity index (χ2n) is 7.97. The minimum absolute atomic E-state index is 0.0293. The highest BCUT2D eigenvalue weighted by Crippen LogP contribution is 2.28. The molecular formula is C25H26N4O2. The summed E-state index contributed by atoms with van der Waals surface area (Å²) in [4.78, 5) is 28.6. The third kappa shape index (κ3) is 5.35. The number of carbonyl (C=O) groups excluding carboxylic acids is 2. The lowest BCUT2D eigenvalue weighted by Gasteiger charge is -2.15. The number of hydrogen-bond acceptors (Lipinski definition) is 4. The van der Waals surface area contributed by atoms with Gasteiger partial charge >= 0.3 is 0 Å². The van der Waals surface area contributed by atoms with Crippen LogP contribution in [-0.2, 0) is 17.6 Å². The van der Waals surface area contributed by atoms with Gasteiger partial charge in [0.1, 0.15) is 0 Å². The van der Waals surface area contributed by atoms with E-state index >= 15 is 0 Å². The van der Waals surface area contributed by atoms with Gasteiger partial charge in [0.05, 0.1) is 0 Å². The molecule has 0 saturated heterocycles. The number of nitrogens with zero attached hydrogens (tertiary/aromatic N) is 1. The van der Waals surface area contributed by atoms with Crippen LogP contribution in [0.5, 0.6) is 0 Å². The molecule has 3 aromatic rings. The van der Waals surface area contributed by atoms with E-state index in [-0.39, 0.29) is 17.9 Å². The predicted molar refractivity (Wildman–Crippen MR) is 121 cm³/mol. The van der Waals surface area contributed by atoms with Gasteiger partial charge in [-0.05, 0) is 59.7 Å². The normalized spacial score (nSPS) is 14.0. The number of amides is 2. The highest BCUT2D eigenvalue weighted by Gasteiger charge is 2.23. The summed E-state index contributed by atoms with van der Waals surface area (Å²) < 4.78 is 0. The molecule has 0 fully saturated rings. The first kappa shape index (κ1) is 20.8. The van der Waals surface area contributed by atoms with Crippen LogP contribution in [0, 0.1) is 5.92 Å². The van der Waals surface area contributed by atoms with Crippen molar-refractivity contribution in [2.75, 3.05) is 11.9 Å². The van der Waals surface area contributed by atoms with Gasteiger partial charge in [-0.25, -0.2) is 0 Å². The first-order valence-electron chi connectivity index (χ1n) is 10.5. The maximum absolute atomic E-state index is 12.4. The molecule has 1 aliphatic rings. The molecule has 4 rings (SSSR count). The van der Waals surface area contributed by atoms with Crippen LogP contribution in [0.2, 0.25) is 0 Å². The molecule has 31 heavy (non-hydrogen) atoms. The number of rotatable bonds is 7. The number of hydrogen-bond donors (Lipinski definition) is 3. The van der Waals surface area contributed by atoms with Crippen LogP contribution in [0.4, 0.5) is 5.69 Å².